The number of carboxylic acids is 2. The summed E-state index contributed by atoms with van der Waals surface area (Å²) in [7, 11) is 0. The second-order valence-corrected chi connectivity index (χ2v) is 6.00. The van der Waals surface area contributed by atoms with E-state index in [-0.39, 0.29) is 37.7 Å². The zero-order chi connectivity index (χ0) is 21.1. The van der Waals surface area contributed by atoms with E-state index in [1.807, 2.05) is 0 Å². The van der Waals surface area contributed by atoms with Crippen molar-refractivity contribution in [1.29, 1.82) is 0 Å². The minimum atomic E-state index is -1.33. The Morgan fingerprint density at radius 2 is 0.931 bits per heavy atom. The number of rotatable bonds is 6. The van der Waals surface area contributed by atoms with Crippen molar-refractivity contribution >= 4 is 84.7 Å². The summed E-state index contributed by atoms with van der Waals surface area (Å²) in [5.41, 5.74) is 0.714. The van der Waals surface area contributed by atoms with E-state index in [1.54, 1.807) is 24.3 Å². The van der Waals surface area contributed by atoms with Gasteiger partial charge in [0.05, 0.1) is 25.0 Å². The zero-order valence-electron chi connectivity index (χ0n) is 14.9. The van der Waals surface area contributed by atoms with Gasteiger partial charge in [-0.15, -0.1) is 0 Å². The molecule has 2 amide bonds. The number of benzene rings is 2. The van der Waals surface area contributed by atoms with Gasteiger partial charge in [0.15, 0.2) is 0 Å². The second-order valence-electron chi connectivity index (χ2n) is 5.12. The molecule has 2 N–H and O–H groups in total. The van der Waals surface area contributed by atoms with Gasteiger partial charge in [-0.25, -0.2) is 0 Å². The van der Waals surface area contributed by atoms with Crippen molar-refractivity contribution in [1.82, 2.24) is 10.6 Å². The summed E-state index contributed by atoms with van der Waals surface area (Å²) in [5.74, 6) is -3.59. The molecule has 0 unspecified atom stereocenters. The topological polar surface area (TPSA) is 138 Å². The molecule has 0 radical (unpaired) electrons. The summed E-state index contributed by atoms with van der Waals surface area (Å²) in [6, 6.07) is 12.2. The number of carbonyl (C=O) groups excluding carboxylic acids is 4. The Hall–Kier alpha value is -1.84. The van der Waals surface area contributed by atoms with E-state index in [1.165, 1.54) is 24.3 Å². The number of carbonyl (C=O) groups is 4. The Bertz CT molecular complexity index is 773. The van der Waals surface area contributed by atoms with Crippen molar-refractivity contribution in [2.45, 2.75) is 0 Å². The average molecular weight is 465 g/mol. The number of hydrogen-bond acceptors (Lipinski definition) is 6. The molecule has 0 aromatic heterocycles. The molecule has 0 bridgehead atoms. The van der Waals surface area contributed by atoms with Crippen molar-refractivity contribution in [2.24, 2.45) is 0 Å². The molecule has 2 aromatic rings. The van der Waals surface area contributed by atoms with Crippen LogP contribution in [0.2, 0.25) is 10.0 Å². The van der Waals surface area contributed by atoms with E-state index in [0.717, 1.165) is 0 Å². The van der Waals surface area contributed by atoms with Crippen molar-refractivity contribution < 1.29 is 29.4 Å². The van der Waals surface area contributed by atoms with Crippen LogP contribution in [-0.2, 0) is 9.59 Å². The zero-order valence-corrected chi connectivity index (χ0v) is 18.7. The number of carboxylic acid groups (broad SMARTS) is 2. The van der Waals surface area contributed by atoms with Crippen LogP contribution in [0, 0.1) is 0 Å². The molecule has 0 spiro atoms. The number of nitrogens with one attached hydrogen (secondary N) is 2. The molecule has 2 rings (SSSR count). The average Bonchev–Trinajstić information content (AvgIpc) is 2.65. The maximum atomic E-state index is 11.2. The minimum Gasteiger partial charge on any atom is -0.548 e. The molecule has 0 saturated carbocycles. The first kappa shape index (κ1) is 27.2. The summed E-state index contributed by atoms with van der Waals surface area (Å²) in [4.78, 5) is 42.5. The third-order valence-electron chi connectivity index (χ3n) is 3.00. The largest absolute Gasteiger partial charge is 2.00 e. The number of halogens is 2. The van der Waals surface area contributed by atoms with E-state index < -0.39 is 36.8 Å². The van der Waals surface area contributed by atoms with Gasteiger partial charge < -0.3 is 30.4 Å². The quantitative estimate of drug-likeness (QED) is 0.539. The van der Waals surface area contributed by atoms with E-state index in [0.29, 0.717) is 21.2 Å². The van der Waals surface area contributed by atoms with Crippen LogP contribution in [0.3, 0.4) is 0 Å². The smallest absolute Gasteiger partial charge is 0.548 e. The molecular formula is C18H14CaCl2N2O6. The fraction of sp³-hybridized carbons (Fsp3) is 0.111. The summed E-state index contributed by atoms with van der Waals surface area (Å²) in [6.07, 6.45) is 0. The van der Waals surface area contributed by atoms with Crippen LogP contribution in [0.5, 0.6) is 0 Å². The van der Waals surface area contributed by atoms with E-state index in [4.69, 9.17) is 23.2 Å². The molecular weight excluding hydrogens is 451 g/mol. The first-order valence-corrected chi connectivity index (χ1v) is 8.42. The second kappa shape index (κ2) is 14.2. The van der Waals surface area contributed by atoms with Gasteiger partial charge in [-0.1, -0.05) is 23.2 Å². The van der Waals surface area contributed by atoms with Gasteiger partial charge in [0.25, 0.3) is 11.8 Å². The van der Waals surface area contributed by atoms with Crippen LogP contribution in [0.1, 0.15) is 20.7 Å². The minimum absolute atomic E-state index is 0. The molecule has 2 aromatic carbocycles. The fourth-order valence-electron chi connectivity index (χ4n) is 1.71. The van der Waals surface area contributed by atoms with Crippen molar-refractivity contribution in [3.63, 3.8) is 0 Å². The van der Waals surface area contributed by atoms with Gasteiger partial charge in [0.2, 0.25) is 0 Å². The molecule has 0 atom stereocenters. The van der Waals surface area contributed by atoms with Crippen LogP contribution in [-0.4, -0.2) is 74.6 Å². The van der Waals surface area contributed by atoms with Gasteiger partial charge in [0.1, 0.15) is 0 Å². The van der Waals surface area contributed by atoms with Crippen LogP contribution < -0.4 is 20.8 Å². The predicted molar refractivity (Wildman–Crippen MR) is 103 cm³/mol. The molecule has 0 saturated heterocycles. The van der Waals surface area contributed by atoms with E-state index >= 15 is 0 Å². The van der Waals surface area contributed by atoms with Crippen LogP contribution in [0.15, 0.2) is 48.5 Å². The third-order valence-corrected chi connectivity index (χ3v) is 3.50. The van der Waals surface area contributed by atoms with Gasteiger partial charge in [-0.3, -0.25) is 9.59 Å². The van der Waals surface area contributed by atoms with Crippen molar-refractivity contribution in [2.75, 3.05) is 13.1 Å². The maximum Gasteiger partial charge on any atom is 2.00 e. The molecule has 0 heterocycles. The fourth-order valence-corrected chi connectivity index (χ4v) is 1.96. The number of hydrogen-bond donors (Lipinski definition) is 2. The summed E-state index contributed by atoms with van der Waals surface area (Å²) < 4.78 is 0. The maximum absolute atomic E-state index is 11.2. The Kier molecular flexibility index (Phi) is 13.3. The molecule has 0 aliphatic carbocycles. The monoisotopic (exact) mass is 464 g/mol. The predicted octanol–water partition coefficient (Wildman–Crippen LogP) is -0.741. The molecule has 8 nitrogen and oxygen atoms in total. The van der Waals surface area contributed by atoms with Gasteiger partial charge >= 0.3 is 37.7 Å². The standard InChI is InChI=1S/2C9H8ClNO3.Ca/c2*10-7-3-1-6(2-4-7)9(14)11-5-8(12)13;/h2*1-4H,5H2,(H,11,14)(H,12,13);/q;;+2/p-2. The number of amides is 2. The molecule has 0 fully saturated rings. The molecule has 0 aliphatic heterocycles. The third kappa shape index (κ3) is 11.7. The van der Waals surface area contributed by atoms with E-state index in [9.17, 15) is 29.4 Å². The summed E-state index contributed by atoms with van der Waals surface area (Å²) >= 11 is 11.2. The first-order valence-electron chi connectivity index (χ1n) is 7.66. The van der Waals surface area contributed by atoms with Crippen molar-refractivity contribution in [3.05, 3.63) is 69.7 Å². The molecule has 148 valence electrons. The van der Waals surface area contributed by atoms with E-state index in [2.05, 4.69) is 10.6 Å². The normalized spacial score (nSPS) is 9.17. The van der Waals surface area contributed by atoms with Crippen molar-refractivity contribution in [3.8, 4) is 0 Å². The van der Waals surface area contributed by atoms with Gasteiger partial charge in [0, 0.05) is 21.2 Å². The Labute approximate surface area is 206 Å². The summed E-state index contributed by atoms with van der Waals surface area (Å²) in [5, 5.41) is 25.5. The molecule has 11 heteroatoms. The Balaban J connectivity index is 0.000000523. The van der Waals surface area contributed by atoms with Gasteiger partial charge in [-0.2, -0.15) is 0 Å². The molecule has 29 heavy (non-hydrogen) atoms. The Morgan fingerprint density at radius 1 is 0.655 bits per heavy atom. The summed E-state index contributed by atoms with van der Waals surface area (Å²) in [6.45, 7) is -0.997. The Morgan fingerprint density at radius 3 is 1.17 bits per heavy atom. The van der Waals surface area contributed by atoms with Crippen LogP contribution in [0.25, 0.3) is 0 Å². The first-order chi connectivity index (χ1) is 13.2. The number of aliphatic carboxylic acids is 2. The van der Waals surface area contributed by atoms with Gasteiger partial charge in [-0.05, 0) is 48.5 Å². The van der Waals surface area contributed by atoms with Crippen LogP contribution in [0.4, 0.5) is 0 Å². The SMILES string of the molecule is O=C([O-])CNC(=O)c1ccc(Cl)cc1.O=C([O-])CNC(=O)c1ccc(Cl)cc1.[Ca+2]. The molecule has 0 aliphatic rings. The van der Waals surface area contributed by atoms with Crippen LogP contribution >= 0.6 is 23.2 Å².